The number of rotatable bonds is 1. The second-order valence-corrected chi connectivity index (χ2v) is 4.10. The summed E-state index contributed by atoms with van der Waals surface area (Å²) in [6.07, 6.45) is 0. The molecule has 0 atom stereocenters. The highest BCUT2D eigenvalue weighted by atomic mass is 35.5. The van der Waals surface area contributed by atoms with Gasteiger partial charge in [-0.1, -0.05) is 11.6 Å². The summed E-state index contributed by atoms with van der Waals surface area (Å²) >= 11 is 5.91. The van der Waals surface area contributed by atoms with Crippen LogP contribution < -0.4 is 5.73 Å². The number of hydrogen-bond donors (Lipinski definition) is 1. The zero-order valence-corrected chi connectivity index (χ0v) is 9.95. The van der Waals surface area contributed by atoms with Crippen molar-refractivity contribution in [1.29, 1.82) is 5.26 Å². The van der Waals surface area contributed by atoms with Crippen LogP contribution in [0.2, 0.25) is 5.02 Å². The Kier molecular flexibility index (Phi) is 2.88. The molecule has 0 aliphatic heterocycles. The summed E-state index contributed by atoms with van der Waals surface area (Å²) in [5, 5.41) is 10.4. The molecule has 0 aliphatic rings. The molecule has 0 amide bonds. The SMILES string of the molecule is CC(=O)n1c(C#N)c(CN)c2cc(Cl)ccc21. The van der Waals surface area contributed by atoms with Gasteiger partial charge in [0.25, 0.3) is 0 Å². The van der Waals surface area contributed by atoms with Gasteiger partial charge in [-0.25, -0.2) is 0 Å². The van der Waals surface area contributed by atoms with Crippen LogP contribution in [0.4, 0.5) is 0 Å². The molecule has 0 saturated carbocycles. The number of halogens is 1. The maximum Gasteiger partial charge on any atom is 0.229 e. The number of benzene rings is 1. The molecule has 2 rings (SSSR count). The summed E-state index contributed by atoms with van der Waals surface area (Å²) < 4.78 is 1.37. The van der Waals surface area contributed by atoms with Gasteiger partial charge in [-0.05, 0) is 18.2 Å². The lowest BCUT2D eigenvalue weighted by Gasteiger charge is -2.00. The van der Waals surface area contributed by atoms with E-state index < -0.39 is 0 Å². The molecule has 2 aromatic rings. The third kappa shape index (κ3) is 1.70. The van der Waals surface area contributed by atoms with E-state index in [2.05, 4.69) is 0 Å². The first-order valence-electron chi connectivity index (χ1n) is 5.04. The van der Waals surface area contributed by atoms with E-state index >= 15 is 0 Å². The minimum absolute atomic E-state index is 0.194. The molecule has 0 aliphatic carbocycles. The van der Waals surface area contributed by atoms with Crippen LogP contribution >= 0.6 is 11.6 Å². The molecule has 17 heavy (non-hydrogen) atoms. The van der Waals surface area contributed by atoms with Crippen LogP contribution in [0.1, 0.15) is 23.0 Å². The van der Waals surface area contributed by atoms with Gasteiger partial charge in [-0.3, -0.25) is 9.36 Å². The second kappa shape index (κ2) is 4.21. The zero-order chi connectivity index (χ0) is 12.6. The number of nitrogens with zero attached hydrogens (tertiary/aromatic N) is 2. The van der Waals surface area contributed by atoms with Crippen LogP contribution in [0.5, 0.6) is 0 Å². The Morgan fingerprint density at radius 3 is 2.82 bits per heavy atom. The maximum absolute atomic E-state index is 11.6. The van der Waals surface area contributed by atoms with E-state index in [0.29, 0.717) is 16.1 Å². The summed E-state index contributed by atoms with van der Waals surface area (Å²) in [6.45, 7) is 1.61. The fraction of sp³-hybridized carbons (Fsp3) is 0.167. The fourth-order valence-electron chi connectivity index (χ4n) is 1.98. The summed E-state index contributed by atoms with van der Waals surface area (Å²) in [5.41, 5.74) is 7.24. The average Bonchev–Trinajstić information content (AvgIpc) is 2.61. The van der Waals surface area contributed by atoms with Gasteiger partial charge >= 0.3 is 0 Å². The standard InChI is InChI=1S/C12H10ClN3O/c1-7(17)16-11-3-2-8(13)4-9(11)10(5-14)12(16)6-15/h2-4H,5,14H2,1H3. The molecule has 0 saturated heterocycles. The van der Waals surface area contributed by atoms with Crippen molar-refractivity contribution in [2.75, 3.05) is 0 Å². The van der Waals surface area contributed by atoms with Gasteiger partial charge in [-0.15, -0.1) is 0 Å². The summed E-state index contributed by atoms with van der Waals surface area (Å²) in [4.78, 5) is 11.6. The Morgan fingerprint density at radius 1 is 1.59 bits per heavy atom. The summed E-state index contributed by atoms with van der Waals surface area (Å²) in [5.74, 6) is -0.214. The molecule has 4 nitrogen and oxygen atoms in total. The van der Waals surface area contributed by atoms with Crippen molar-refractivity contribution >= 4 is 28.4 Å². The van der Waals surface area contributed by atoms with Gasteiger partial charge in [0.1, 0.15) is 11.8 Å². The van der Waals surface area contributed by atoms with Crippen molar-refractivity contribution < 1.29 is 4.79 Å². The van der Waals surface area contributed by atoms with Gasteiger partial charge in [-0.2, -0.15) is 5.26 Å². The molecule has 1 heterocycles. The van der Waals surface area contributed by atoms with Crippen molar-refractivity contribution in [3.63, 3.8) is 0 Å². The third-order valence-corrected chi connectivity index (χ3v) is 2.89. The smallest absolute Gasteiger partial charge is 0.229 e. The predicted octanol–water partition coefficient (Wildman–Crippen LogP) is 2.29. The third-order valence-electron chi connectivity index (χ3n) is 2.66. The Bertz CT molecular complexity index is 652. The van der Waals surface area contributed by atoms with Gasteiger partial charge in [0.15, 0.2) is 0 Å². The van der Waals surface area contributed by atoms with Crippen molar-refractivity contribution in [3.8, 4) is 6.07 Å². The number of aromatic nitrogens is 1. The lowest BCUT2D eigenvalue weighted by atomic mass is 10.1. The molecule has 1 aromatic heterocycles. The van der Waals surface area contributed by atoms with Crippen molar-refractivity contribution in [2.45, 2.75) is 13.5 Å². The molecule has 2 N–H and O–H groups in total. The Morgan fingerprint density at radius 2 is 2.29 bits per heavy atom. The lowest BCUT2D eigenvalue weighted by molar-refractivity contribution is 0.0940. The molecule has 5 heteroatoms. The number of fused-ring (bicyclic) bond motifs is 1. The summed E-state index contributed by atoms with van der Waals surface area (Å²) in [6, 6.07) is 7.15. The number of nitriles is 1. The highest BCUT2D eigenvalue weighted by Gasteiger charge is 2.18. The highest BCUT2D eigenvalue weighted by Crippen LogP contribution is 2.28. The van der Waals surface area contributed by atoms with Crippen molar-refractivity contribution in [1.82, 2.24) is 4.57 Å². The minimum Gasteiger partial charge on any atom is -0.326 e. The quantitative estimate of drug-likeness (QED) is 0.840. The van der Waals surface area contributed by atoms with Crippen LogP contribution in [0.3, 0.4) is 0 Å². The topological polar surface area (TPSA) is 71.8 Å². The number of carbonyl (C=O) groups is 1. The number of nitrogens with two attached hydrogens (primary N) is 1. The van der Waals surface area contributed by atoms with E-state index in [0.717, 1.165) is 5.39 Å². The van der Waals surface area contributed by atoms with Gasteiger partial charge < -0.3 is 5.73 Å². The van der Waals surface area contributed by atoms with E-state index in [1.54, 1.807) is 18.2 Å². The van der Waals surface area contributed by atoms with Gasteiger partial charge in [0, 0.05) is 29.4 Å². The van der Waals surface area contributed by atoms with Crippen LogP contribution in [0.15, 0.2) is 18.2 Å². The van der Waals surface area contributed by atoms with E-state index in [-0.39, 0.29) is 18.1 Å². The van der Waals surface area contributed by atoms with Gasteiger partial charge in [0.05, 0.1) is 5.52 Å². The fourth-order valence-corrected chi connectivity index (χ4v) is 2.15. The molecule has 0 fully saturated rings. The zero-order valence-electron chi connectivity index (χ0n) is 9.20. The minimum atomic E-state index is -0.214. The van der Waals surface area contributed by atoms with E-state index in [1.807, 2.05) is 6.07 Å². The monoisotopic (exact) mass is 247 g/mol. The molecular formula is C12H10ClN3O. The molecule has 0 spiro atoms. The Labute approximate surface area is 103 Å². The first kappa shape index (κ1) is 11.6. The first-order valence-corrected chi connectivity index (χ1v) is 5.42. The van der Waals surface area contributed by atoms with E-state index in [9.17, 15) is 4.79 Å². The van der Waals surface area contributed by atoms with Crippen molar-refractivity contribution in [2.24, 2.45) is 5.73 Å². The average molecular weight is 248 g/mol. The maximum atomic E-state index is 11.6. The normalized spacial score (nSPS) is 10.5. The molecule has 86 valence electrons. The largest absolute Gasteiger partial charge is 0.326 e. The predicted molar refractivity (Wildman–Crippen MR) is 65.9 cm³/mol. The lowest BCUT2D eigenvalue weighted by Crippen LogP contribution is -2.09. The number of carbonyl (C=O) groups excluding carboxylic acids is 1. The van der Waals surface area contributed by atoms with Crippen LogP contribution in [0.25, 0.3) is 10.9 Å². The highest BCUT2D eigenvalue weighted by molar-refractivity contribution is 6.31. The molecule has 0 bridgehead atoms. The first-order chi connectivity index (χ1) is 8.10. The Hall–Kier alpha value is -1.83. The number of hydrogen-bond acceptors (Lipinski definition) is 3. The summed E-state index contributed by atoms with van der Waals surface area (Å²) in [7, 11) is 0. The van der Waals surface area contributed by atoms with Crippen LogP contribution in [-0.2, 0) is 6.54 Å². The molecular weight excluding hydrogens is 238 g/mol. The van der Waals surface area contributed by atoms with Gasteiger partial charge in [0.2, 0.25) is 5.91 Å². The molecule has 0 unspecified atom stereocenters. The van der Waals surface area contributed by atoms with Crippen LogP contribution in [0, 0.1) is 11.3 Å². The van der Waals surface area contributed by atoms with Crippen LogP contribution in [-0.4, -0.2) is 10.5 Å². The van der Waals surface area contributed by atoms with E-state index in [1.165, 1.54) is 11.5 Å². The molecule has 0 radical (unpaired) electrons. The second-order valence-electron chi connectivity index (χ2n) is 3.66. The van der Waals surface area contributed by atoms with E-state index in [4.69, 9.17) is 22.6 Å². The Balaban J connectivity index is 2.98. The molecule has 1 aromatic carbocycles. The van der Waals surface area contributed by atoms with Crippen molar-refractivity contribution in [3.05, 3.63) is 34.5 Å².